The lowest BCUT2D eigenvalue weighted by molar-refractivity contribution is -0.943. The van der Waals surface area contributed by atoms with Crippen LogP contribution in [-0.2, 0) is 16.7 Å². The Labute approximate surface area is 226 Å². The first-order valence-electron chi connectivity index (χ1n) is 14.4. The SMILES string of the molecule is Cc1ccc(C[N+]2(C[C@H](O)COCCOc3ccc(C(C)(C)CC(C)(C)C)cc3)CCCCCC2)cc1. The summed E-state index contributed by atoms with van der Waals surface area (Å²) in [5.41, 5.74) is 4.41. The van der Waals surface area contributed by atoms with E-state index in [1.807, 2.05) is 0 Å². The van der Waals surface area contributed by atoms with Gasteiger partial charge in [-0.15, -0.1) is 0 Å². The zero-order chi connectivity index (χ0) is 26.9. The van der Waals surface area contributed by atoms with E-state index in [0.717, 1.165) is 42.8 Å². The van der Waals surface area contributed by atoms with Gasteiger partial charge in [0.15, 0.2) is 0 Å². The van der Waals surface area contributed by atoms with Crippen molar-refractivity contribution in [1.82, 2.24) is 0 Å². The normalized spacial score (nSPS) is 17.3. The Balaban J connectivity index is 1.44. The highest BCUT2D eigenvalue weighted by Gasteiger charge is 2.32. The van der Waals surface area contributed by atoms with Crippen molar-refractivity contribution in [3.8, 4) is 5.75 Å². The summed E-state index contributed by atoms with van der Waals surface area (Å²) in [5.74, 6) is 0.867. The predicted octanol–water partition coefficient (Wildman–Crippen LogP) is 7.06. The molecule has 0 aromatic heterocycles. The topological polar surface area (TPSA) is 38.7 Å². The van der Waals surface area contributed by atoms with Crippen molar-refractivity contribution >= 4 is 0 Å². The van der Waals surface area contributed by atoms with Gasteiger partial charge in [0.1, 0.15) is 31.5 Å². The summed E-state index contributed by atoms with van der Waals surface area (Å²) in [6, 6.07) is 17.4. The van der Waals surface area contributed by atoms with Gasteiger partial charge in [0.25, 0.3) is 0 Å². The Morgan fingerprint density at radius 1 is 0.838 bits per heavy atom. The van der Waals surface area contributed by atoms with Crippen molar-refractivity contribution in [2.24, 2.45) is 5.41 Å². The van der Waals surface area contributed by atoms with Gasteiger partial charge in [-0.1, -0.05) is 76.6 Å². The second-order valence-electron chi connectivity index (χ2n) is 13.3. The lowest BCUT2D eigenvalue weighted by Crippen LogP contribution is -2.53. The second kappa shape index (κ2) is 13.3. The molecule has 2 aromatic carbocycles. The summed E-state index contributed by atoms with van der Waals surface area (Å²) in [7, 11) is 0. The lowest BCUT2D eigenvalue weighted by atomic mass is 9.72. The largest absolute Gasteiger partial charge is 0.491 e. The van der Waals surface area contributed by atoms with Crippen LogP contribution in [0.5, 0.6) is 5.75 Å². The number of hydrogen-bond acceptors (Lipinski definition) is 3. The standard InChI is InChI=1S/C33H52NO3/c1-27-11-13-28(14-12-27)23-34(19-9-7-8-10-20-34)24-30(35)25-36-21-22-37-31-17-15-29(16-18-31)33(5,6)26-32(2,3)4/h11-18,30,35H,7-10,19-26H2,1-6H3/q+1/t30-/m0/s1. The predicted molar refractivity (Wildman–Crippen MR) is 154 cm³/mol. The molecule has 0 radical (unpaired) electrons. The van der Waals surface area contributed by atoms with Crippen molar-refractivity contribution in [2.75, 3.05) is 39.5 Å². The smallest absolute Gasteiger partial charge is 0.126 e. The number of rotatable bonds is 12. The van der Waals surface area contributed by atoms with Gasteiger partial charge in [0.05, 0.1) is 26.3 Å². The van der Waals surface area contributed by atoms with Gasteiger partial charge in [-0.2, -0.15) is 0 Å². The fourth-order valence-electron chi connectivity index (χ4n) is 6.21. The van der Waals surface area contributed by atoms with Crippen LogP contribution in [0.25, 0.3) is 0 Å². The van der Waals surface area contributed by atoms with Crippen molar-refractivity contribution in [3.05, 3.63) is 65.2 Å². The molecule has 1 heterocycles. The summed E-state index contributed by atoms with van der Waals surface area (Å²) < 4.78 is 12.7. The minimum Gasteiger partial charge on any atom is -0.491 e. The third kappa shape index (κ3) is 10.1. The zero-order valence-electron chi connectivity index (χ0n) is 24.4. The molecule has 0 amide bonds. The second-order valence-corrected chi connectivity index (χ2v) is 13.3. The molecule has 206 valence electrons. The van der Waals surface area contributed by atoms with Crippen LogP contribution in [-0.4, -0.2) is 55.1 Å². The molecule has 1 atom stereocenters. The molecule has 2 aromatic rings. The molecule has 0 saturated carbocycles. The fraction of sp³-hybridized carbons (Fsp3) is 0.636. The summed E-state index contributed by atoms with van der Waals surface area (Å²) in [4.78, 5) is 0. The summed E-state index contributed by atoms with van der Waals surface area (Å²) in [6.45, 7) is 19.0. The molecule has 0 bridgehead atoms. The van der Waals surface area contributed by atoms with Gasteiger partial charge < -0.3 is 19.1 Å². The lowest BCUT2D eigenvalue weighted by Gasteiger charge is -2.39. The first-order chi connectivity index (χ1) is 17.5. The molecule has 4 heteroatoms. The molecule has 0 spiro atoms. The fourth-order valence-corrected chi connectivity index (χ4v) is 6.21. The number of aliphatic hydroxyl groups excluding tert-OH is 1. The van der Waals surface area contributed by atoms with Gasteiger partial charge in [0.2, 0.25) is 0 Å². The van der Waals surface area contributed by atoms with Crippen LogP contribution in [0, 0.1) is 12.3 Å². The maximum Gasteiger partial charge on any atom is 0.126 e. The summed E-state index contributed by atoms with van der Waals surface area (Å²) >= 11 is 0. The van der Waals surface area contributed by atoms with Crippen molar-refractivity contribution in [1.29, 1.82) is 0 Å². The van der Waals surface area contributed by atoms with Crippen molar-refractivity contribution < 1.29 is 19.1 Å². The summed E-state index contributed by atoms with van der Waals surface area (Å²) in [6.07, 6.45) is 5.73. The number of hydrogen-bond donors (Lipinski definition) is 1. The van der Waals surface area contributed by atoms with E-state index in [1.54, 1.807) is 0 Å². The van der Waals surface area contributed by atoms with Crippen LogP contribution in [0.15, 0.2) is 48.5 Å². The first-order valence-corrected chi connectivity index (χ1v) is 14.4. The molecule has 0 aliphatic carbocycles. The monoisotopic (exact) mass is 510 g/mol. The Hall–Kier alpha value is -1.88. The molecule has 3 rings (SSSR count). The molecule has 37 heavy (non-hydrogen) atoms. The Morgan fingerprint density at radius 2 is 1.46 bits per heavy atom. The Morgan fingerprint density at radius 3 is 2.05 bits per heavy atom. The average Bonchev–Trinajstić information content (AvgIpc) is 3.04. The van der Waals surface area contributed by atoms with E-state index >= 15 is 0 Å². The third-order valence-electron chi connectivity index (χ3n) is 7.67. The minimum absolute atomic E-state index is 0.128. The van der Waals surface area contributed by atoms with E-state index in [2.05, 4.69) is 90.1 Å². The average molecular weight is 511 g/mol. The highest BCUT2D eigenvalue weighted by molar-refractivity contribution is 5.31. The van der Waals surface area contributed by atoms with Crippen LogP contribution >= 0.6 is 0 Å². The van der Waals surface area contributed by atoms with E-state index in [-0.39, 0.29) is 10.8 Å². The molecule has 1 saturated heterocycles. The van der Waals surface area contributed by atoms with Crippen LogP contribution < -0.4 is 4.74 Å². The molecule has 1 N–H and O–H groups in total. The van der Waals surface area contributed by atoms with Gasteiger partial charge in [0, 0.05) is 5.56 Å². The van der Waals surface area contributed by atoms with Crippen molar-refractivity contribution in [2.45, 2.75) is 91.7 Å². The molecule has 0 unspecified atom stereocenters. The maximum absolute atomic E-state index is 10.9. The number of likely N-dealkylation sites (tertiary alicyclic amines) is 1. The number of aliphatic hydroxyl groups is 1. The van der Waals surface area contributed by atoms with Crippen LogP contribution in [0.1, 0.15) is 83.4 Å². The number of quaternary nitrogens is 1. The van der Waals surface area contributed by atoms with Crippen LogP contribution in [0.3, 0.4) is 0 Å². The highest BCUT2D eigenvalue weighted by atomic mass is 16.5. The minimum atomic E-state index is -0.465. The van der Waals surface area contributed by atoms with E-state index in [4.69, 9.17) is 9.47 Å². The molecule has 1 fully saturated rings. The number of benzene rings is 2. The van der Waals surface area contributed by atoms with E-state index in [0.29, 0.717) is 19.8 Å². The number of nitrogens with zero attached hydrogens (tertiary/aromatic N) is 1. The highest BCUT2D eigenvalue weighted by Crippen LogP contribution is 2.36. The number of aryl methyl sites for hydroxylation is 1. The Bertz CT molecular complexity index is 920. The molecule has 1 aliphatic heterocycles. The van der Waals surface area contributed by atoms with Crippen molar-refractivity contribution in [3.63, 3.8) is 0 Å². The van der Waals surface area contributed by atoms with Gasteiger partial charge in [-0.25, -0.2) is 0 Å². The van der Waals surface area contributed by atoms with Gasteiger partial charge in [-0.05, 0) is 67.6 Å². The van der Waals surface area contributed by atoms with E-state index < -0.39 is 6.10 Å². The first kappa shape index (κ1) is 29.7. The molecule has 4 nitrogen and oxygen atoms in total. The third-order valence-corrected chi connectivity index (χ3v) is 7.67. The molecular formula is C33H52NO3+. The van der Waals surface area contributed by atoms with Crippen LogP contribution in [0.2, 0.25) is 0 Å². The summed E-state index contributed by atoms with van der Waals surface area (Å²) in [5, 5.41) is 10.9. The maximum atomic E-state index is 10.9. The quantitative estimate of drug-likeness (QED) is 0.245. The molecular weight excluding hydrogens is 458 g/mol. The van der Waals surface area contributed by atoms with E-state index in [1.165, 1.54) is 42.4 Å². The zero-order valence-corrected chi connectivity index (χ0v) is 24.4. The van der Waals surface area contributed by atoms with Gasteiger partial charge in [-0.3, -0.25) is 0 Å². The van der Waals surface area contributed by atoms with Gasteiger partial charge >= 0.3 is 0 Å². The Kier molecular flexibility index (Phi) is 10.6. The van der Waals surface area contributed by atoms with Crippen LogP contribution in [0.4, 0.5) is 0 Å². The van der Waals surface area contributed by atoms with E-state index in [9.17, 15) is 5.11 Å². The number of ether oxygens (including phenoxy) is 2. The molecule has 1 aliphatic rings.